The molecule has 80 valence electrons. The second-order valence-corrected chi connectivity index (χ2v) is 2.93. The summed E-state index contributed by atoms with van der Waals surface area (Å²) in [4.78, 5) is 15.2. The summed E-state index contributed by atoms with van der Waals surface area (Å²) >= 11 is 0. The van der Waals surface area contributed by atoms with E-state index in [1.54, 1.807) is 32.4 Å². The molecule has 15 heavy (non-hydrogen) atoms. The van der Waals surface area contributed by atoms with Crippen molar-refractivity contribution < 1.29 is 9.53 Å². The molecule has 0 atom stereocenters. The second-order valence-electron chi connectivity index (χ2n) is 2.93. The number of carbonyl (C=O) groups is 1. The first-order valence-electron chi connectivity index (χ1n) is 4.74. The molecule has 0 radical (unpaired) electrons. The zero-order chi connectivity index (χ0) is 11.1. The first-order valence-corrected chi connectivity index (χ1v) is 4.74. The molecular weight excluding hydrogens is 192 g/mol. The van der Waals surface area contributed by atoms with Gasteiger partial charge in [0, 0.05) is 12.4 Å². The third kappa shape index (κ3) is 3.81. The van der Waals surface area contributed by atoms with E-state index < -0.39 is 0 Å². The predicted octanol–water partition coefficient (Wildman–Crippen LogP) is 1.96. The maximum atomic E-state index is 11.2. The highest BCUT2D eigenvalue weighted by Crippen LogP contribution is 2.04. The van der Waals surface area contributed by atoms with Crippen molar-refractivity contribution in [3.05, 3.63) is 36.3 Å². The van der Waals surface area contributed by atoms with Crippen molar-refractivity contribution in [2.75, 3.05) is 11.9 Å². The van der Waals surface area contributed by atoms with E-state index in [0.29, 0.717) is 12.2 Å². The number of nitrogens with one attached hydrogen (secondary N) is 1. The number of ether oxygens (including phenoxy) is 1. The lowest BCUT2D eigenvalue weighted by Gasteiger charge is -2.03. The van der Waals surface area contributed by atoms with Crippen molar-refractivity contribution in [3.8, 4) is 0 Å². The van der Waals surface area contributed by atoms with Gasteiger partial charge in [-0.05, 0) is 26.0 Å². The van der Waals surface area contributed by atoms with Crippen LogP contribution >= 0.6 is 0 Å². The zero-order valence-electron chi connectivity index (χ0n) is 8.86. The minimum absolute atomic E-state index is 0.311. The van der Waals surface area contributed by atoms with E-state index in [1.165, 1.54) is 0 Å². The SMILES string of the molecule is CCOC(=O)/C(C)=C/Nc1cccnc1. The minimum atomic E-state index is -0.311. The molecule has 0 aliphatic rings. The van der Waals surface area contributed by atoms with Crippen LogP contribution in [0.2, 0.25) is 0 Å². The Labute approximate surface area is 89.0 Å². The molecule has 0 saturated heterocycles. The third-order valence-electron chi connectivity index (χ3n) is 1.71. The Kier molecular flexibility index (Phi) is 4.34. The molecule has 0 spiro atoms. The summed E-state index contributed by atoms with van der Waals surface area (Å²) in [5.41, 5.74) is 1.36. The van der Waals surface area contributed by atoms with E-state index in [9.17, 15) is 4.79 Å². The van der Waals surface area contributed by atoms with Crippen molar-refractivity contribution in [1.82, 2.24) is 4.98 Å². The molecule has 1 aromatic rings. The number of anilines is 1. The molecule has 0 bridgehead atoms. The van der Waals surface area contributed by atoms with Gasteiger partial charge in [0.25, 0.3) is 0 Å². The van der Waals surface area contributed by atoms with Crippen molar-refractivity contribution in [2.24, 2.45) is 0 Å². The molecule has 0 aliphatic heterocycles. The fraction of sp³-hybridized carbons (Fsp3) is 0.273. The maximum absolute atomic E-state index is 11.2. The summed E-state index contributed by atoms with van der Waals surface area (Å²) in [6, 6.07) is 3.68. The van der Waals surface area contributed by atoms with E-state index in [0.717, 1.165) is 5.69 Å². The Bertz CT molecular complexity index is 347. The van der Waals surface area contributed by atoms with Crippen LogP contribution in [0, 0.1) is 0 Å². The monoisotopic (exact) mass is 206 g/mol. The highest BCUT2D eigenvalue weighted by atomic mass is 16.5. The molecule has 0 aliphatic carbocycles. The van der Waals surface area contributed by atoms with Gasteiger partial charge < -0.3 is 10.1 Å². The van der Waals surface area contributed by atoms with Crippen LogP contribution in [0.5, 0.6) is 0 Å². The lowest BCUT2D eigenvalue weighted by atomic mass is 10.3. The van der Waals surface area contributed by atoms with Crippen LogP contribution in [0.1, 0.15) is 13.8 Å². The van der Waals surface area contributed by atoms with Gasteiger partial charge in [0.15, 0.2) is 0 Å². The average Bonchev–Trinajstić information content (AvgIpc) is 2.27. The molecule has 0 unspecified atom stereocenters. The van der Waals surface area contributed by atoms with Crippen LogP contribution in [-0.4, -0.2) is 17.6 Å². The first-order chi connectivity index (χ1) is 7.24. The van der Waals surface area contributed by atoms with Gasteiger partial charge in [-0.1, -0.05) is 0 Å². The standard InChI is InChI=1S/C11H14N2O2/c1-3-15-11(14)9(2)7-13-10-5-4-6-12-8-10/h4-8,13H,3H2,1-2H3/b9-7+. The summed E-state index contributed by atoms with van der Waals surface area (Å²) in [6.07, 6.45) is 4.97. The van der Waals surface area contributed by atoms with Crippen molar-refractivity contribution in [1.29, 1.82) is 0 Å². The Morgan fingerprint density at radius 2 is 2.47 bits per heavy atom. The molecule has 0 amide bonds. The van der Waals surface area contributed by atoms with Crippen LogP contribution in [0.4, 0.5) is 5.69 Å². The number of rotatable bonds is 4. The fourth-order valence-electron chi connectivity index (χ4n) is 0.944. The molecule has 1 rings (SSSR count). The van der Waals surface area contributed by atoms with Crippen LogP contribution in [-0.2, 0) is 9.53 Å². The van der Waals surface area contributed by atoms with Crippen molar-refractivity contribution in [3.63, 3.8) is 0 Å². The van der Waals surface area contributed by atoms with Gasteiger partial charge in [0.2, 0.25) is 0 Å². The van der Waals surface area contributed by atoms with Gasteiger partial charge in [-0.2, -0.15) is 0 Å². The second kappa shape index (κ2) is 5.80. The third-order valence-corrected chi connectivity index (χ3v) is 1.71. The number of aromatic nitrogens is 1. The maximum Gasteiger partial charge on any atom is 0.335 e. The van der Waals surface area contributed by atoms with E-state index in [2.05, 4.69) is 10.3 Å². The molecule has 4 nitrogen and oxygen atoms in total. The molecule has 4 heteroatoms. The Balaban J connectivity index is 2.54. The molecule has 1 aromatic heterocycles. The van der Waals surface area contributed by atoms with E-state index in [4.69, 9.17) is 4.74 Å². The van der Waals surface area contributed by atoms with Gasteiger partial charge in [-0.3, -0.25) is 4.98 Å². The summed E-state index contributed by atoms with van der Waals surface area (Å²) in [5, 5.41) is 2.96. The molecular formula is C11H14N2O2. The number of pyridine rings is 1. The molecule has 0 aromatic carbocycles. The predicted molar refractivity (Wildman–Crippen MR) is 58.2 cm³/mol. The topological polar surface area (TPSA) is 51.2 Å². The first kappa shape index (κ1) is 11.2. The molecule has 1 heterocycles. The molecule has 0 fully saturated rings. The van der Waals surface area contributed by atoms with Gasteiger partial charge in [0.1, 0.15) is 0 Å². The number of hydrogen-bond acceptors (Lipinski definition) is 4. The number of esters is 1. The summed E-state index contributed by atoms with van der Waals surface area (Å²) in [6.45, 7) is 3.86. The highest BCUT2D eigenvalue weighted by Gasteiger charge is 2.03. The highest BCUT2D eigenvalue weighted by molar-refractivity contribution is 5.88. The van der Waals surface area contributed by atoms with Crippen LogP contribution in [0.15, 0.2) is 36.3 Å². The quantitative estimate of drug-likeness (QED) is 0.604. The van der Waals surface area contributed by atoms with Crippen LogP contribution < -0.4 is 5.32 Å². The Morgan fingerprint density at radius 1 is 1.67 bits per heavy atom. The van der Waals surface area contributed by atoms with E-state index in [1.807, 2.05) is 12.1 Å². The largest absolute Gasteiger partial charge is 0.463 e. The van der Waals surface area contributed by atoms with Gasteiger partial charge in [0.05, 0.1) is 24.1 Å². The number of carbonyl (C=O) groups excluding carboxylic acids is 1. The minimum Gasteiger partial charge on any atom is -0.463 e. The lowest BCUT2D eigenvalue weighted by molar-refractivity contribution is -0.138. The van der Waals surface area contributed by atoms with Gasteiger partial charge >= 0.3 is 5.97 Å². The van der Waals surface area contributed by atoms with Crippen molar-refractivity contribution >= 4 is 11.7 Å². The van der Waals surface area contributed by atoms with Gasteiger partial charge in [-0.25, -0.2) is 4.79 Å². The van der Waals surface area contributed by atoms with Crippen molar-refractivity contribution in [2.45, 2.75) is 13.8 Å². The van der Waals surface area contributed by atoms with Crippen LogP contribution in [0.25, 0.3) is 0 Å². The van der Waals surface area contributed by atoms with E-state index in [-0.39, 0.29) is 5.97 Å². The smallest absolute Gasteiger partial charge is 0.335 e. The normalized spacial score (nSPS) is 10.9. The van der Waals surface area contributed by atoms with Gasteiger partial charge in [-0.15, -0.1) is 0 Å². The Morgan fingerprint density at radius 3 is 3.07 bits per heavy atom. The fourth-order valence-corrected chi connectivity index (χ4v) is 0.944. The summed E-state index contributed by atoms with van der Waals surface area (Å²) < 4.78 is 4.83. The average molecular weight is 206 g/mol. The molecule has 1 N–H and O–H groups in total. The summed E-state index contributed by atoms with van der Waals surface area (Å²) in [7, 11) is 0. The van der Waals surface area contributed by atoms with E-state index >= 15 is 0 Å². The number of nitrogens with zero attached hydrogens (tertiary/aromatic N) is 1. The Hall–Kier alpha value is -1.84. The summed E-state index contributed by atoms with van der Waals surface area (Å²) in [5.74, 6) is -0.311. The number of hydrogen-bond donors (Lipinski definition) is 1. The molecule has 0 saturated carbocycles. The zero-order valence-corrected chi connectivity index (χ0v) is 8.86. The lowest BCUT2D eigenvalue weighted by Crippen LogP contribution is -2.06. The van der Waals surface area contributed by atoms with Crippen LogP contribution in [0.3, 0.4) is 0 Å².